The molecule has 1 aromatic heterocycles. The molecule has 3 N–H and O–H groups in total. The number of rotatable bonds is 4. The van der Waals surface area contributed by atoms with E-state index in [2.05, 4.69) is 16.9 Å². The molecule has 2 nitrogen and oxygen atoms in total. The van der Waals surface area contributed by atoms with Gasteiger partial charge in [-0.15, -0.1) is 0 Å². The van der Waals surface area contributed by atoms with Gasteiger partial charge in [0.1, 0.15) is 0 Å². The molecule has 0 fully saturated rings. The van der Waals surface area contributed by atoms with Crippen molar-refractivity contribution in [2.45, 2.75) is 12.5 Å². The minimum Gasteiger partial charge on any atom is -0.271 e. The zero-order valence-corrected chi connectivity index (χ0v) is 11.3. The lowest BCUT2D eigenvalue weighted by molar-refractivity contribution is 0.553. The van der Waals surface area contributed by atoms with Crippen LogP contribution in [0.25, 0.3) is 0 Å². The highest BCUT2D eigenvalue weighted by Gasteiger charge is 2.15. The molecular weight excluding hydrogens is 275 g/mol. The van der Waals surface area contributed by atoms with Crippen LogP contribution in [-0.2, 0) is 6.42 Å². The zero-order valence-electron chi connectivity index (χ0n) is 8.99. The lowest BCUT2D eigenvalue weighted by atomic mass is 10.0. The van der Waals surface area contributed by atoms with Crippen molar-refractivity contribution in [1.82, 2.24) is 5.43 Å². The number of hydrazine groups is 1. The standard InChI is InChI=1S/C12H12Cl2N2S/c13-10-3-1-2-9(12(10)14)11(16-15)6-8-4-5-17-7-8/h1-5,7,11,16H,6,15H2. The fourth-order valence-corrected chi connectivity index (χ4v) is 2.81. The fourth-order valence-electron chi connectivity index (χ4n) is 1.69. The Labute approximate surface area is 114 Å². The average Bonchev–Trinajstić information content (AvgIpc) is 2.83. The van der Waals surface area contributed by atoms with E-state index in [-0.39, 0.29) is 6.04 Å². The van der Waals surface area contributed by atoms with Gasteiger partial charge in [0.25, 0.3) is 0 Å². The number of nitrogens with two attached hydrogens (primary N) is 1. The van der Waals surface area contributed by atoms with Crippen molar-refractivity contribution < 1.29 is 0 Å². The Morgan fingerprint density at radius 3 is 2.76 bits per heavy atom. The van der Waals surface area contributed by atoms with Crippen molar-refractivity contribution in [2.24, 2.45) is 5.84 Å². The second kappa shape index (κ2) is 5.85. The summed E-state index contributed by atoms with van der Waals surface area (Å²) in [6.45, 7) is 0. The van der Waals surface area contributed by atoms with Crippen LogP contribution in [-0.4, -0.2) is 0 Å². The van der Waals surface area contributed by atoms with Crippen LogP contribution in [0.5, 0.6) is 0 Å². The Hall–Kier alpha value is -0.580. The molecule has 1 heterocycles. The average molecular weight is 287 g/mol. The van der Waals surface area contributed by atoms with E-state index in [0.29, 0.717) is 10.0 Å². The molecule has 2 aromatic rings. The van der Waals surface area contributed by atoms with E-state index in [1.807, 2.05) is 17.5 Å². The summed E-state index contributed by atoms with van der Waals surface area (Å²) in [6, 6.07) is 7.63. The molecule has 17 heavy (non-hydrogen) atoms. The Morgan fingerprint density at radius 2 is 2.12 bits per heavy atom. The summed E-state index contributed by atoms with van der Waals surface area (Å²) >= 11 is 13.8. The van der Waals surface area contributed by atoms with Crippen LogP contribution >= 0.6 is 34.5 Å². The zero-order chi connectivity index (χ0) is 12.3. The second-order valence-corrected chi connectivity index (χ2v) is 5.26. The molecule has 0 aliphatic carbocycles. The molecule has 0 spiro atoms. The smallest absolute Gasteiger partial charge is 0.0640 e. The van der Waals surface area contributed by atoms with Crippen LogP contribution in [0, 0.1) is 0 Å². The lowest BCUT2D eigenvalue weighted by Crippen LogP contribution is -2.29. The molecule has 0 radical (unpaired) electrons. The maximum Gasteiger partial charge on any atom is 0.0640 e. The molecule has 90 valence electrons. The van der Waals surface area contributed by atoms with Gasteiger partial charge in [0.15, 0.2) is 0 Å². The van der Waals surface area contributed by atoms with Crippen LogP contribution in [0.1, 0.15) is 17.2 Å². The first-order chi connectivity index (χ1) is 8.22. The van der Waals surface area contributed by atoms with Gasteiger partial charge in [-0.05, 0) is 40.4 Å². The van der Waals surface area contributed by atoms with Crippen molar-refractivity contribution in [3.05, 3.63) is 56.2 Å². The summed E-state index contributed by atoms with van der Waals surface area (Å²) in [7, 11) is 0. The number of halogens is 2. The molecule has 0 bridgehead atoms. The Bertz CT molecular complexity index is 485. The predicted molar refractivity (Wildman–Crippen MR) is 74.5 cm³/mol. The van der Waals surface area contributed by atoms with Crippen molar-refractivity contribution in [3.8, 4) is 0 Å². The molecule has 1 unspecified atom stereocenters. The van der Waals surface area contributed by atoms with E-state index >= 15 is 0 Å². The first-order valence-electron chi connectivity index (χ1n) is 5.13. The number of hydrogen-bond acceptors (Lipinski definition) is 3. The van der Waals surface area contributed by atoms with Gasteiger partial charge in [-0.25, -0.2) is 0 Å². The lowest BCUT2D eigenvalue weighted by Gasteiger charge is -2.17. The minimum atomic E-state index is -0.0317. The van der Waals surface area contributed by atoms with Crippen LogP contribution in [0.3, 0.4) is 0 Å². The largest absolute Gasteiger partial charge is 0.271 e. The van der Waals surface area contributed by atoms with E-state index in [0.717, 1.165) is 12.0 Å². The molecule has 2 rings (SSSR count). The summed E-state index contributed by atoms with van der Waals surface area (Å²) in [5.74, 6) is 5.59. The van der Waals surface area contributed by atoms with E-state index in [1.54, 1.807) is 17.4 Å². The third-order valence-corrected chi connectivity index (χ3v) is 4.14. The Morgan fingerprint density at radius 1 is 1.29 bits per heavy atom. The van der Waals surface area contributed by atoms with Gasteiger partial charge < -0.3 is 0 Å². The van der Waals surface area contributed by atoms with Gasteiger partial charge in [-0.2, -0.15) is 11.3 Å². The monoisotopic (exact) mass is 286 g/mol. The van der Waals surface area contributed by atoms with E-state index in [4.69, 9.17) is 29.0 Å². The SMILES string of the molecule is NNC(Cc1ccsc1)c1cccc(Cl)c1Cl. The minimum absolute atomic E-state index is 0.0317. The Kier molecular flexibility index (Phi) is 4.42. The highest BCUT2D eigenvalue weighted by atomic mass is 35.5. The molecule has 0 saturated carbocycles. The highest BCUT2D eigenvalue weighted by molar-refractivity contribution is 7.07. The molecule has 1 aromatic carbocycles. The normalized spacial score (nSPS) is 12.6. The summed E-state index contributed by atoms with van der Waals surface area (Å²) in [5, 5.41) is 5.26. The van der Waals surface area contributed by atoms with Gasteiger partial charge >= 0.3 is 0 Å². The van der Waals surface area contributed by atoms with Gasteiger partial charge in [0, 0.05) is 0 Å². The third kappa shape index (κ3) is 3.00. The highest BCUT2D eigenvalue weighted by Crippen LogP contribution is 2.31. The number of hydrogen-bond donors (Lipinski definition) is 2. The van der Waals surface area contributed by atoms with E-state index in [9.17, 15) is 0 Å². The first kappa shape index (κ1) is 12.9. The molecule has 0 aliphatic rings. The molecule has 5 heteroatoms. The summed E-state index contributed by atoms with van der Waals surface area (Å²) in [4.78, 5) is 0. The molecule has 0 amide bonds. The van der Waals surface area contributed by atoms with Crippen LogP contribution in [0.15, 0.2) is 35.0 Å². The van der Waals surface area contributed by atoms with Gasteiger partial charge in [0.2, 0.25) is 0 Å². The molecule has 0 aliphatic heterocycles. The Balaban J connectivity index is 2.26. The van der Waals surface area contributed by atoms with Gasteiger partial charge in [-0.3, -0.25) is 11.3 Å². The summed E-state index contributed by atoms with van der Waals surface area (Å²) < 4.78 is 0. The maximum absolute atomic E-state index is 6.18. The summed E-state index contributed by atoms with van der Waals surface area (Å²) in [5.41, 5.74) is 4.94. The third-order valence-electron chi connectivity index (χ3n) is 2.58. The predicted octanol–water partition coefficient (Wildman–Crippen LogP) is 3.80. The molecule has 1 atom stereocenters. The molecular formula is C12H12Cl2N2S. The second-order valence-electron chi connectivity index (χ2n) is 3.70. The fraction of sp³-hybridized carbons (Fsp3) is 0.167. The maximum atomic E-state index is 6.18. The number of thiophene rings is 1. The number of nitrogens with one attached hydrogen (secondary N) is 1. The first-order valence-corrected chi connectivity index (χ1v) is 6.83. The number of benzene rings is 1. The van der Waals surface area contributed by atoms with Crippen molar-refractivity contribution in [2.75, 3.05) is 0 Å². The van der Waals surface area contributed by atoms with E-state index < -0.39 is 0 Å². The quantitative estimate of drug-likeness (QED) is 0.663. The topological polar surface area (TPSA) is 38.0 Å². The van der Waals surface area contributed by atoms with Crippen LogP contribution in [0.4, 0.5) is 0 Å². The van der Waals surface area contributed by atoms with Crippen molar-refractivity contribution in [3.63, 3.8) is 0 Å². The van der Waals surface area contributed by atoms with Crippen LogP contribution in [0.2, 0.25) is 10.0 Å². The summed E-state index contributed by atoms with van der Waals surface area (Å²) in [6.07, 6.45) is 0.792. The molecule has 0 saturated heterocycles. The van der Waals surface area contributed by atoms with E-state index in [1.165, 1.54) is 5.56 Å². The van der Waals surface area contributed by atoms with Crippen molar-refractivity contribution in [1.29, 1.82) is 0 Å². The van der Waals surface area contributed by atoms with Gasteiger partial charge in [-0.1, -0.05) is 35.3 Å². The van der Waals surface area contributed by atoms with Crippen molar-refractivity contribution >= 4 is 34.5 Å². The van der Waals surface area contributed by atoms with Crippen LogP contribution < -0.4 is 11.3 Å². The van der Waals surface area contributed by atoms with Gasteiger partial charge in [0.05, 0.1) is 16.1 Å².